The van der Waals surface area contributed by atoms with Gasteiger partial charge in [0.05, 0.1) is 0 Å². The average Bonchev–Trinajstić information content (AvgIpc) is 2.49. The molecule has 1 amide bonds. The molecule has 2 nitrogen and oxygen atoms in total. The van der Waals surface area contributed by atoms with Crippen LogP contribution in [-0.4, -0.2) is 12.5 Å². The Hall–Kier alpha value is -2.35. The number of hydrogen-bond donors (Lipinski definition) is 1. The molecule has 0 bridgehead atoms. The summed E-state index contributed by atoms with van der Waals surface area (Å²) < 4.78 is 0. The van der Waals surface area contributed by atoms with E-state index in [1.54, 1.807) is 0 Å². The number of allylic oxidation sites excluding steroid dienone is 1. The number of rotatable bonds is 5. The SMILES string of the molecule is O=C(NC/C=C/Cc1ccccc1)c1ccccc1. The summed E-state index contributed by atoms with van der Waals surface area (Å²) in [6, 6.07) is 19.5. The lowest BCUT2D eigenvalue weighted by Crippen LogP contribution is -2.23. The number of hydrogen-bond acceptors (Lipinski definition) is 1. The summed E-state index contributed by atoms with van der Waals surface area (Å²) >= 11 is 0. The van der Waals surface area contributed by atoms with E-state index in [2.05, 4.69) is 23.5 Å². The first-order chi connectivity index (χ1) is 9.36. The van der Waals surface area contributed by atoms with Crippen molar-refractivity contribution in [3.05, 3.63) is 83.9 Å². The summed E-state index contributed by atoms with van der Waals surface area (Å²) in [7, 11) is 0. The lowest BCUT2D eigenvalue weighted by atomic mass is 10.1. The van der Waals surface area contributed by atoms with Gasteiger partial charge in [-0.15, -0.1) is 0 Å². The van der Waals surface area contributed by atoms with Crippen LogP contribution < -0.4 is 5.32 Å². The monoisotopic (exact) mass is 251 g/mol. The van der Waals surface area contributed by atoms with E-state index in [9.17, 15) is 4.79 Å². The summed E-state index contributed by atoms with van der Waals surface area (Å²) in [5.41, 5.74) is 1.96. The van der Waals surface area contributed by atoms with Gasteiger partial charge in [0.2, 0.25) is 0 Å². The van der Waals surface area contributed by atoms with Gasteiger partial charge in [0.25, 0.3) is 5.91 Å². The molecule has 0 aromatic heterocycles. The van der Waals surface area contributed by atoms with Crippen LogP contribution in [0.1, 0.15) is 15.9 Å². The number of carbonyl (C=O) groups is 1. The van der Waals surface area contributed by atoms with Gasteiger partial charge in [0, 0.05) is 12.1 Å². The summed E-state index contributed by atoms with van der Waals surface area (Å²) in [6.07, 6.45) is 4.94. The molecule has 0 radical (unpaired) electrons. The molecule has 2 aromatic carbocycles. The third kappa shape index (κ3) is 4.43. The Morgan fingerprint density at radius 2 is 1.53 bits per heavy atom. The summed E-state index contributed by atoms with van der Waals surface area (Å²) in [5, 5.41) is 2.86. The van der Waals surface area contributed by atoms with Crippen molar-refractivity contribution >= 4 is 5.91 Å². The van der Waals surface area contributed by atoms with E-state index in [1.807, 2.05) is 54.6 Å². The number of nitrogens with one attached hydrogen (secondary N) is 1. The van der Waals surface area contributed by atoms with Crippen LogP contribution in [0, 0.1) is 0 Å². The standard InChI is InChI=1S/C17H17NO/c19-17(16-12-5-2-6-13-16)18-14-8-7-11-15-9-3-1-4-10-15/h1-10,12-13H,11,14H2,(H,18,19)/b8-7+. The first-order valence-electron chi connectivity index (χ1n) is 6.38. The second kappa shape index (κ2) is 7.17. The normalized spacial score (nSPS) is 10.5. The molecule has 19 heavy (non-hydrogen) atoms. The third-order valence-electron chi connectivity index (χ3n) is 2.78. The Morgan fingerprint density at radius 1 is 0.895 bits per heavy atom. The highest BCUT2D eigenvalue weighted by Gasteiger charge is 2.00. The maximum absolute atomic E-state index is 11.7. The lowest BCUT2D eigenvalue weighted by molar-refractivity contribution is 0.0958. The van der Waals surface area contributed by atoms with Crippen molar-refractivity contribution in [1.82, 2.24) is 5.32 Å². The highest BCUT2D eigenvalue weighted by molar-refractivity contribution is 5.94. The second-order valence-corrected chi connectivity index (χ2v) is 4.24. The van der Waals surface area contributed by atoms with Crippen molar-refractivity contribution < 1.29 is 4.79 Å². The first kappa shape index (κ1) is 13.1. The first-order valence-corrected chi connectivity index (χ1v) is 6.38. The Kier molecular flexibility index (Phi) is 4.94. The predicted molar refractivity (Wildman–Crippen MR) is 78.1 cm³/mol. The third-order valence-corrected chi connectivity index (χ3v) is 2.78. The molecule has 0 saturated carbocycles. The van der Waals surface area contributed by atoms with Crippen LogP contribution in [0.5, 0.6) is 0 Å². The quantitative estimate of drug-likeness (QED) is 0.812. The molecule has 0 fully saturated rings. The zero-order chi connectivity index (χ0) is 13.3. The van der Waals surface area contributed by atoms with Gasteiger partial charge in [-0.2, -0.15) is 0 Å². The molecule has 0 saturated heterocycles. The highest BCUT2D eigenvalue weighted by Crippen LogP contribution is 2.00. The fourth-order valence-corrected chi connectivity index (χ4v) is 1.76. The second-order valence-electron chi connectivity index (χ2n) is 4.24. The molecule has 0 spiro atoms. The molecule has 0 heterocycles. The maximum atomic E-state index is 11.7. The fourth-order valence-electron chi connectivity index (χ4n) is 1.76. The van der Waals surface area contributed by atoms with E-state index in [4.69, 9.17) is 0 Å². The molecule has 0 aliphatic carbocycles. The van der Waals surface area contributed by atoms with Crippen molar-refractivity contribution in [3.63, 3.8) is 0 Å². The van der Waals surface area contributed by atoms with Crippen LogP contribution >= 0.6 is 0 Å². The Bertz CT molecular complexity index is 532. The largest absolute Gasteiger partial charge is 0.349 e. The van der Waals surface area contributed by atoms with E-state index in [1.165, 1.54) is 5.56 Å². The Labute approximate surface area is 113 Å². The van der Waals surface area contributed by atoms with Crippen molar-refractivity contribution in [2.24, 2.45) is 0 Å². The Morgan fingerprint density at radius 3 is 2.21 bits per heavy atom. The van der Waals surface area contributed by atoms with Crippen molar-refractivity contribution in [2.45, 2.75) is 6.42 Å². The molecule has 0 aliphatic rings. The van der Waals surface area contributed by atoms with Gasteiger partial charge >= 0.3 is 0 Å². The molecular formula is C17H17NO. The van der Waals surface area contributed by atoms with Gasteiger partial charge in [0.15, 0.2) is 0 Å². The minimum atomic E-state index is -0.0371. The van der Waals surface area contributed by atoms with E-state index in [0.717, 1.165) is 6.42 Å². The lowest BCUT2D eigenvalue weighted by Gasteiger charge is -2.01. The maximum Gasteiger partial charge on any atom is 0.251 e. The van der Waals surface area contributed by atoms with Crippen LogP contribution in [0.15, 0.2) is 72.8 Å². The van der Waals surface area contributed by atoms with Gasteiger partial charge in [-0.05, 0) is 24.1 Å². The zero-order valence-corrected chi connectivity index (χ0v) is 10.8. The van der Waals surface area contributed by atoms with Gasteiger partial charge in [0.1, 0.15) is 0 Å². The van der Waals surface area contributed by atoms with Gasteiger partial charge in [-0.1, -0.05) is 60.7 Å². The van der Waals surface area contributed by atoms with Crippen LogP contribution in [0.2, 0.25) is 0 Å². The molecule has 0 aliphatic heterocycles. The number of benzene rings is 2. The van der Waals surface area contributed by atoms with Gasteiger partial charge in [-0.25, -0.2) is 0 Å². The Balaban J connectivity index is 1.73. The molecule has 96 valence electrons. The molecular weight excluding hydrogens is 234 g/mol. The molecule has 2 aromatic rings. The predicted octanol–water partition coefficient (Wildman–Crippen LogP) is 3.22. The average molecular weight is 251 g/mol. The number of carbonyl (C=O) groups excluding carboxylic acids is 1. The molecule has 0 atom stereocenters. The summed E-state index contributed by atoms with van der Waals surface area (Å²) in [5.74, 6) is -0.0371. The van der Waals surface area contributed by atoms with Crippen LogP contribution in [0.4, 0.5) is 0 Å². The minimum absolute atomic E-state index is 0.0371. The van der Waals surface area contributed by atoms with Gasteiger partial charge < -0.3 is 5.32 Å². The van der Waals surface area contributed by atoms with Crippen LogP contribution in [0.3, 0.4) is 0 Å². The van der Waals surface area contributed by atoms with E-state index in [-0.39, 0.29) is 5.91 Å². The van der Waals surface area contributed by atoms with E-state index in [0.29, 0.717) is 12.1 Å². The topological polar surface area (TPSA) is 29.1 Å². The smallest absolute Gasteiger partial charge is 0.251 e. The van der Waals surface area contributed by atoms with Crippen LogP contribution in [0.25, 0.3) is 0 Å². The van der Waals surface area contributed by atoms with Crippen molar-refractivity contribution in [1.29, 1.82) is 0 Å². The zero-order valence-electron chi connectivity index (χ0n) is 10.8. The molecule has 2 rings (SSSR count). The van der Waals surface area contributed by atoms with E-state index >= 15 is 0 Å². The number of amides is 1. The molecule has 1 N–H and O–H groups in total. The van der Waals surface area contributed by atoms with Crippen LogP contribution in [-0.2, 0) is 6.42 Å². The minimum Gasteiger partial charge on any atom is -0.349 e. The summed E-state index contributed by atoms with van der Waals surface area (Å²) in [6.45, 7) is 0.556. The molecule has 0 unspecified atom stereocenters. The summed E-state index contributed by atoms with van der Waals surface area (Å²) in [4.78, 5) is 11.7. The fraction of sp³-hybridized carbons (Fsp3) is 0.118. The molecule has 2 heteroatoms. The van der Waals surface area contributed by atoms with Crippen molar-refractivity contribution in [3.8, 4) is 0 Å². The van der Waals surface area contributed by atoms with Crippen molar-refractivity contribution in [2.75, 3.05) is 6.54 Å². The van der Waals surface area contributed by atoms with E-state index < -0.39 is 0 Å². The van der Waals surface area contributed by atoms with Gasteiger partial charge in [-0.3, -0.25) is 4.79 Å². The highest BCUT2D eigenvalue weighted by atomic mass is 16.1.